The molecule has 0 aliphatic heterocycles. The van der Waals surface area contributed by atoms with E-state index in [0.717, 1.165) is 12.8 Å². The molecule has 4 nitrogen and oxygen atoms in total. The van der Waals surface area contributed by atoms with Gasteiger partial charge in [0.05, 0.1) is 13.0 Å². The van der Waals surface area contributed by atoms with E-state index in [0.29, 0.717) is 18.3 Å². The predicted molar refractivity (Wildman–Crippen MR) is 66.4 cm³/mol. The van der Waals surface area contributed by atoms with Crippen LogP contribution in [0.5, 0.6) is 11.5 Å². The van der Waals surface area contributed by atoms with Crippen molar-refractivity contribution in [3.05, 3.63) is 24.3 Å². The summed E-state index contributed by atoms with van der Waals surface area (Å²) in [7, 11) is 1.41. The zero-order valence-electron chi connectivity index (χ0n) is 10.5. The molecule has 4 heteroatoms. The summed E-state index contributed by atoms with van der Waals surface area (Å²) in [6.45, 7) is 0.306. The van der Waals surface area contributed by atoms with Crippen molar-refractivity contribution in [2.45, 2.75) is 19.3 Å². The summed E-state index contributed by atoms with van der Waals surface area (Å²) >= 11 is 0. The molecule has 18 heavy (non-hydrogen) atoms. The maximum atomic E-state index is 11.7. The summed E-state index contributed by atoms with van der Waals surface area (Å²) in [6.07, 6.45) is 3.29. The first-order valence-corrected chi connectivity index (χ1v) is 6.20. The van der Waals surface area contributed by atoms with E-state index in [1.54, 1.807) is 18.2 Å². The SMILES string of the molecule is COC(=O)C(COc1cccc(O)c1)C1CCC1. The standard InChI is InChI=1S/C14H18O4/c1-17-14(16)13(10-4-2-5-10)9-18-12-7-3-6-11(15)8-12/h3,6-8,10,13,15H,2,4-5,9H2,1H3. The number of esters is 1. The number of phenols is 1. The summed E-state index contributed by atoms with van der Waals surface area (Å²) < 4.78 is 10.4. The smallest absolute Gasteiger partial charge is 0.312 e. The fourth-order valence-electron chi connectivity index (χ4n) is 2.15. The molecule has 1 saturated carbocycles. The molecule has 98 valence electrons. The normalized spacial score (nSPS) is 16.7. The fraction of sp³-hybridized carbons (Fsp3) is 0.500. The Hall–Kier alpha value is -1.71. The molecule has 0 spiro atoms. The lowest BCUT2D eigenvalue weighted by Crippen LogP contribution is -2.34. The minimum atomic E-state index is -0.208. The molecular formula is C14H18O4. The van der Waals surface area contributed by atoms with Gasteiger partial charge in [-0.25, -0.2) is 0 Å². The van der Waals surface area contributed by atoms with E-state index in [1.807, 2.05) is 0 Å². The van der Waals surface area contributed by atoms with Crippen LogP contribution < -0.4 is 4.74 Å². The first-order chi connectivity index (χ1) is 8.70. The summed E-state index contributed by atoms with van der Waals surface area (Å²) in [6, 6.07) is 6.59. The molecule has 1 fully saturated rings. The van der Waals surface area contributed by atoms with Crippen molar-refractivity contribution < 1.29 is 19.4 Å². The van der Waals surface area contributed by atoms with Crippen LogP contribution in [-0.2, 0) is 9.53 Å². The van der Waals surface area contributed by atoms with E-state index >= 15 is 0 Å². The van der Waals surface area contributed by atoms with Gasteiger partial charge >= 0.3 is 5.97 Å². The van der Waals surface area contributed by atoms with E-state index < -0.39 is 0 Å². The Morgan fingerprint density at radius 2 is 2.28 bits per heavy atom. The molecule has 1 N–H and O–H groups in total. The summed E-state index contributed by atoms with van der Waals surface area (Å²) in [5.74, 6) is 0.690. The highest BCUT2D eigenvalue weighted by Gasteiger charge is 2.33. The number of ether oxygens (including phenoxy) is 2. The lowest BCUT2D eigenvalue weighted by atomic mass is 9.76. The molecule has 0 radical (unpaired) electrons. The van der Waals surface area contributed by atoms with Crippen molar-refractivity contribution >= 4 is 5.97 Å². The lowest BCUT2D eigenvalue weighted by Gasteiger charge is -2.31. The Kier molecular flexibility index (Phi) is 4.07. The highest BCUT2D eigenvalue weighted by Crippen LogP contribution is 2.34. The van der Waals surface area contributed by atoms with E-state index in [2.05, 4.69) is 0 Å². The van der Waals surface area contributed by atoms with E-state index in [1.165, 1.54) is 19.6 Å². The van der Waals surface area contributed by atoms with Gasteiger partial charge in [-0.1, -0.05) is 12.5 Å². The van der Waals surface area contributed by atoms with Gasteiger partial charge in [0.1, 0.15) is 18.1 Å². The quantitative estimate of drug-likeness (QED) is 0.815. The Bertz CT molecular complexity index is 412. The molecular weight excluding hydrogens is 232 g/mol. The van der Waals surface area contributed by atoms with Crippen LogP contribution in [0.25, 0.3) is 0 Å². The molecule has 0 aromatic heterocycles. The zero-order chi connectivity index (χ0) is 13.0. The van der Waals surface area contributed by atoms with Gasteiger partial charge < -0.3 is 14.6 Å². The van der Waals surface area contributed by atoms with Crippen LogP contribution in [0.15, 0.2) is 24.3 Å². The molecule has 2 rings (SSSR count). The summed E-state index contributed by atoms with van der Waals surface area (Å²) in [5, 5.41) is 9.33. The van der Waals surface area contributed by atoms with Gasteiger partial charge in [0, 0.05) is 6.07 Å². The van der Waals surface area contributed by atoms with Gasteiger partial charge in [-0.05, 0) is 30.9 Å². The summed E-state index contributed by atoms with van der Waals surface area (Å²) in [4.78, 5) is 11.7. The molecule has 0 saturated heterocycles. The van der Waals surface area contributed by atoms with Gasteiger partial charge in [0.25, 0.3) is 0 Å². The molecule has 0 heterocycles. The molecule has 1 atom stereocenters. The van der Waals surface area contributed by atoms with Gasteiger partial charge in [-0.3, -0.25) is 4.79 Å². The van der Waals surface area contributed by atoms with Crippen LogP contribution in [0.2, 0.25) is 0 Å². The third-order valence-corrected chi connectivity index (χ3v) is 3.47. The fourth-order valence-corrected chi connectivity index (χ4v) is 2.15. The Balaban J connectivity index is 1.94. The number of methoxy groups -OCH3 is 1. The van der Waals surface area contributed by atoms with E-state index in [9.17, 15) is 9.90 Å². The van der Waals surface area contributed by atoms with Crippen molar-refractivity contribution in [3.8, 4) is 11.5 Å². The van der Waals surface area contributed by atoms with Crippen LogP contribution in [0.3, 0.4) is 0 Å². The maximum absolute atomic E-state index is 11.7. The molecule has 1 aromatic carbocycles. The van der Waals surface area contributed by atoms with E-state index in [-0.39, 0.29) is 17.6 Å². The molecule has 0 amide bonds. The maximum Gasteiger partial charge on any atom is 0.312 e. The van der Waals surface area contributed by atoms with Crippen molar-refractivity contribution in [3.63, 3.8) is 0 Å². The minimum Gasteiger partial charge on any atom is -0.508 e. The number of hydrogen-bond acceptors (Lipinski definition) is 4. The van der Waals surface area contributed by atoms with Gasteiger partial charge in [-0.15, -0.1) is 0 Å². The topological polar surface area (TPSA) is 55.8 Å². The molecule has 1 aliphatic carbocycles. The molecule has 1 unspecified atom stereocenters. The Morgan fingerprint density at radius 1 is 1.50 bits per heavy atom. The molecule has 0 bridgehead atoms. The number of phenolic OH excluding ortho intramolecular Hbond substituents is 1. The number of hydrogen-bond donors (Lipinski definition) is 1. The Morgan fingerprint density at radius 3 is 2.83 bits per heavy atom. The van der Waals surface area contributed by atoms with Crippen molar-refractivity contribution in [2.75, 3.05) is 13.7 Å². The van der Waals surface area contributed by atoms with Crippen LogP contribution >= 0.6 is 0 Å². The first-order valence-electron chi connectivity index (χ1n) is 6.20. The van der Waals surface area contributed by atoms with Crippen LogP contribution in [0.4, 0.5) is 0 Å². The Labute approximate surface area is 107 Å². The average molecular weight is 250 g/mol. The van der Waals surface area contributed by atoms with Crippen molar-refractivity contribution in [2.24, 2.45) is 11.8 Å². The second-order valence-electron chi connectivity index (χ2n) is 4.63. The van der Waals surface area contributed by atoms with Crippen molar-refractivity contribution in [1.82, 2.24) is 0 Å². The second kappa shape index (κ2) is 5.76. The second-order valence-corrected chi connectivity index (χ2v) is 4.63. The van der Waals surface area contributed by atoms with Gasteiger partial charge in [0.2, 0.25) is 0 Å². The highest BCUT2D eigenvalue weighted by atomic mass is 16.5. The number of carbonyl (C=O) groups is 1. The number of carbonyl (C=O) groups excluding carboxylic acids is 1. The van der Waals surface area contributed by atoms with Crippen LogP contribution in [0, 0.1) is 11.8 Å². The molecule has 1 aromatic rings. The predicted octanol–water partition coefficient (Wildman–Crippen LogP) is 2.36. The zero-order valence-corrected chi connectivity index (χ0v) is 10.5. The van der Waals surface area contributed by atoms with Crippen LogP contribution in [-0.4, -0.2) is 24.8 Å². The average Bonchev–Trinajstić information content (AvgIpc) is 2.31. The first kappa shape index (κ1) is 12.7. The summed E-state index contributed by atoms with van der Waals surface area (Å²) in [5.41, 5.74) is 0. The third-order valence-electron chi connectivity index (χ3n) is 3.47. The highest BCUT2D eigenvalue weighted by molar-refractivity contribution is 5.73. The third kappa shape index (κ3) is 2.94. The van der Waals surface area contributed by atoms with Crippen LogP contribution in [0.1, 0.15) is 19.3 Å². The monoisotopic (exact) mass is 250 g/mol. The van der Waals surface area contributed by atoms with Crippen molar-refractivity contribution in [1.29, 1.82) is 0 Å². The molecule has 1 aliphatic rings. The number of aromatic hydroxyl groups is 1. The largest absolute Gasteiger partial charge is 0.508 e. The minimum absolute atomic E-state index is 0.158. The number of rotatable bonds is 5. The van der Waals surface area contributed by atoms with E-state index in [4.69, 9.17) is 9.47 Å². The number of benzene rings is 1. The van der Waals surface area contributed by atoms with Gasteiger partial charge in [0.15, 0.2) is 0 Å². The van der Waals surface area contributed by atoms with Gasteiger partial charge in [-0.2, -0.15) is 0 Å². The lowest BCUT2D eigenvalue weighted by molar-refractivity contribution is -0.150.